The molecule has 7 nitrogen and oxygen atoms in total. The molecule has 8 heteroatoms. The second-order valence-corrected chi connectivity index (χ2v) is 6.86. The van der Waals surface area contributed by atoms with Crippen molar-refractivity contribution >= 4 is 34.9 Å². The molecule has 2 aromatic rings. The minimum Gasteiger partial charge on any atom is -0.508 e. The van der Waals surface area contributed by atoms with Crippen LogP contribution in [0.3, 0.4) is 0 Å². The monoisotopic (exact) mass is 386 g/mol. The fraction of sp³-hybridized carbons (Fsp3) is 0.211. The second-order valence-electron chi connectivity index (χ2n) is 5.87. The molecule has 1 aliphatic heterocycles. The third kappa shape index (κ3) is 5.01. The van der Waals surface area contributed by atoms with Gasteiger partial charge in [0.15, 0.2) is 0 Å². The smallest absolute Gasteiger partial charge is 0.293 e. The first-order chi connectivity index (χ1) is 13.0. The number of nitrogens with one attached hydrogen (secondary N) is 1. The SMILES string of the molecule is O=C(CCN1C(=O)SC(=Cc2ccco2)C1=O)NCCc1ccc(O)cc1. The van der Waals surface area contributed by atoms with E-state index in [2.05, 4.69) is 5.32 Å². The van der Waals surface area contributed by atoms with E-state index in [-0.39, 0.29) is 29.5 Å². The van der Waals surface area contributed by atoms with Crippen LogP contribution in [0.2, 0.25) is 0 Å². The van der Waals surface area contributed by atoms with Crippen molar-refractivity contribution in [2.45, 2.75) is 12.8 Å². The molecule has 0 aliphatic carbocycles. The molecule has 0 bridgehead atoms. The van der Waals surface area contributed by atoms with E-state index < -0.39 is 11.1 Å². The van der Waals surface area contributed by atoms with Gasteiger partial charge in [-0.3, -0.25) is 19.3 Å². The van der Waals surface area contributed by atoms with Crippen molar-refractivity contribution in [1.29, 1.82) is 0 Å². The van der Waals surface area contributed by atoms with Crippen molar-refractivity contribution in [1.82, 2.24) is 10.2 Å². The molecule has 3 rings (SSSR count). The van der Waals surface area contributed by atoms with Crippen LogP contribution in [0.15, 0.2) is 52.0 Å². The normalized spacial score (nSPS) is 15.6. The first kappa shape index (κ1) is 18.8. The van der Waals surface area contributed by atoms with E-state index in [0.29, 0.717) is 18.7 Å². The Hall–Kier alpha value is -3.00. The largest absolute Gasteiger partial charge is 0.508 e. The molecule has 140 valence electrons. The highest BCUT2D eigenvalue weighted by atomic mass is 32.2. The number of imide groups is 1. The van der Waals surface area contributed by atoms with Gasteiger partial charge in [-0.1, -0.05) is 12.1 Å². The highest BCUT2D eigenvalue weighted by molar-refractivity contribution is 8.18. The van der Waals surface area contributed by atoms with Gasteiger partial charge in [0.25, 0.3) is 11.1 Å². The molecule has 1 aromatic carbocycles. The summed E-state index contributed by atoms with van der Waals surface area (Å²) in [6.45, 7) is 0.467. The summed E-state index contributed by atoms with van der Waals surface area (Å²) in [5.41, 5.74) is 0.988. The van der Waals surface area contributed by atoms with Crippen LogP contribution in [0, 0.1) is 0 Å². The number of phenols is 1. The number of carbonyl (C=O) groups excluding carboxylic acids is 3. The van der Waals surface area contributed by atoms with Crippen LogP contribution in [0.25, 0.3) is 6.08 Å². The van der Waals surface area contributed by atoms with E-state index in [1.54, 1.807) is 36.4 Å². The molecule has 3 amide bonds. The molecular weight excluding hydrogens is 368 g/mol. The van der Waals surface area contributed by atoms with Crippen LogP contribution < -0.4 is 5.32 Å². The second kappa shape index (κ2) is 8.59. The minimum atomic E-state index is -0.418. The molecule has 1 aromatic heterocycles. The molecule has 1 saturated heterocycles. The van der Waals surface area contributed by atoms with Gasteiger partial charge < -0.3 is 14.8 Å². The number of phenolic OH excluding ortho intramolecular Hbond substituents is 1. The van der Waals surface area contributed by atoms with Crippen molar-refractivity contribution < 1.29 is 23.9 Å². The molecule has 2 heterocycles. The van der Waals surface area contributed by atoms with Gasteiger partial charge in [0.05, 0.1) is 11.2 Å². The Kier molecular flexibility index (Phi) is 5.97. The zero-order valence-corrected chi connectivity index (χ0v) is 15.2. The lowest BCUT2D eigenvalue weighted by molar-refractivity contribution is -0.124. The van der Waals surface area contributed by atoms with Crippen molar-refractivity contribution in [3.05, 3.63) is 58.9 Å². The number of benzene rings is 1. The Balaban J connectivity index is 1.45. The predicted molar refractivity (Wildman–Crippen MR) is 101 cm³/mol. The number of hydrogen-bond acceptors (Lipinski definition) is 6. The number of nitrogens with zero attached hydrogens (tertiary/aromatic N) is 1. The summed E-state index contributed by atoms with van der Waals surface area (Å²) >= 11 is 0.834. The maximum Gasteiger partial charge on any atom is 0.293 e. The lowest BCUT2D eigenvalue weighted by atomic mass is 10.1. The number of amides is 3. The summed E-state index contributed by atoms with van der Waals surface area (Å²) in [5, 5.41) is 11.6. The van der Waals surface area contributed by atoms with Crippen LogP contribution in [-0.4, -0.2) is 40.1 Å². The molecule has 0 saturated carbocycles. The van der Waals surface area contributed by atoms with Crippen LogP contribution >= 0.6 is 11.8 Å². The number of rotatable bonds is 7. The average molecular weight is 386 g/mol. The van der Waals surface area contributed by atoms with E-state index in [0.717, 1.165) is 22.2 Å². The van der Waals surface area contributed by atoms with Crippen LogP contribution in [0.1, 0.15) is 17.7 Å². The van der Waals surface area contributed by atoms with Gasteiger partial charge >= 0.3 is 0 Å². The maximum absolute atomic E-state index is 12.3. The van der Waals surface area contributed by atoms with Gasteiger partial charge in [-0.25, -0.2) is 0 Å². The number of carbonyl (C=O) groups is 3. The first-order valence-corrected chi connectivity index (χ1v) is 9.18. The summed E-state index contributed by atoms with van der Waals surface area (Å²) in [6.07, 6.45) is 3.67. The molecular formula is C19H18N2O5S. The van der Waals surface area contributed by atoms with Crippen LogP contribution in [0.5, 0.6) is 5.75 Å². The summed E-state index contributed by atoms with van der Waals surface area (Å²) < 4.78 is 5.15. The lowest BCUT2D eigenvalue weighted by Gasteiger charge is -2.12. The third-order valence-corrected chi connectivity index (χ3v) is 4.83. The maximum atomic E-state index is 12.3. The van der Waals surface area contributed by atoms with E-state index in [4.69, 9.17) is 4.42 Å². The van der Waals surface area contributed by atoms with Crippen molar-refractivity contribution in [3.8, 4) is 5.75 Å². The molecule has 0 radical (unpaired) electrons. The Morgan fingerprint density at radius 3 is 2.70 bits per heavy atom. The summed E-state index contributed by atoms with van der Waals surface area (Å²) in [4.78, 5) is 37.6. The molecule has 0 unspecified atom stereocenters. The fourth-order valence-corrected chi connectivity index (χ4v) is 3.35. The van der Waals surface area contributed by atoms with Crippen molar-refractivity contribution in [2.75, 3.05) is 13.1 Å². The highest BCUT2D eigenvalue weighted by Gasteiger charge is 2.35. The Morgan fingerprint density at radius 1 is 1.22 bits per heavy atom. The molecule has 1 aliphatic rings. The molecule has 0 atom stereocenters. The van der Waals surface area contributed by atoms with Crippen molar-refractivity contribution in [2.24, 2.45) is 0 Å². The van der Waals surface area contributed by atoms with Crippen LogP contribution in [0.4, 0.5) is 4.79 Å². The van der Waals surface area contributed by atoms with Gasteiger partial charge in [0.2, 0.25) is 5.91 Å². The first-order valence-electron chi connectivity index (χ1n) is 8.36. The molecule has 0 spiro atoms. The Bertz CT molecular complexity index is 859. The minimum absolute atomic E-state index is 0.0329. The Labute approximate surface area is 160 Å². The Morgan fingerprint density at radius 2 is 2.00 bits per heavy atom. The van der Waals surface area contributed by atoms with Crippen molar-refractivity contribution in [3.63, 3.8) is 0 Å². The highest BCUT2D eigenvalue weighted by Crippen LogP contribution is 2.32. The summed E-state index contributed by atoms with van der Waals surface area (Å²) in [7, 11) is 0. The fourth-order valence-electron chi connectivity index (χ4n) is 2.51. The summed E-state index contributed by atoms with van der Waals surface area (Å²) in [5.74, 6) is 0.0367. The van der Waals surface area contributed by atoms with Gasteiger partial charge in [0, 0.05) is 25.6 Å². The predicted octanol–water partition coefficient (Wildman–Crippen LogP) is 2.77. The quantitative estimate of drug-likeness (QED) is 0.710. The number of hydrogen-bond donors (Lipinski definition) is 2. The zero-order valence-electron chi connectivity index (χ0n) is 14.4. The van der Waals surface area contributed by atoms with E-state index in [1.165, 1.54) is 12.3 Å². The van der Waals surface area contributed by atoms with Gasteiger partial charge in [0.1, 0.15) is 11.5 Å². The number of furan rings is 1. The van der Waals surface area contributed by atoms with E-state index in [9.17, 15) is 19.5 Å². The molecule has 2 N–H and O–H groups in total. The topological polar surface area (TPSA) is 99.9 Å². The molecule has 27 heavy (non-hydrogen) atoms. The van der Waals surface area contributed by atoms with Gasteiger partial charge in [-0.05, 0) is 48.0 Å². The zero-order chi connectivity index (χ0) is 19.2. The van der Waals surface area contributed by atoms with E-state index >= 15 is 0 Å². The van der Waals surface area contributed by atoms with Gasteiger partial charge in [-0.2, -0.15) is 0 Å². The third-order valence-electron chi connectivity index (χ3n) is 3.92. The summed E-state index contributed by atoms with van der Waals surface area (Å²) in [6, 6.07) is 10.1. The van der Waals surface area contributed by atoms with Gasteiger partial charge in [-0.15, -0.1) is 0 Å². The van der Waals surface area contributed by atoms with E-state index in [1.807, 2.05) is 0 Å². The lowest BCUT2D eigenvalue weighted by Crippen LogP contribution is -2.34. The average Bonchev–Trinajstić information content (AvgIpc) is 3.24. The standard InChI is InChI=1S/C19H18N2O5S/c22-14-5-3-13(4-6-14)7-9-20-17(23)8-10-21-18(24)16(27-19(21)25)12-15-2-1-11-26-15/h1-6,11-12,22H,7-10H2,(H,20,23). The molecule has 1 fully saturated rings. The number of thioether (sulfide) groups is 1. The van der Waals surface area contributed by atoms with Crippen LogP contribution in [-0.2, 0) is 16.0 Å². The number of aromatic hydroxyl groups is 1.